The molecule has 0 spiro atoms. The van der Waals surface area contributed by atoms with Crippen LogP contribution in [-0.2, 0) is 0 Å². The standard InChI is InChI=1S/C16H26O3S/c1-6-16(7-2,11-20)10-19-15-13(17-4)8-12(3)9-14(15)18-5/h8-9,20H,6-7,10-11H2,1-5H3. The molecule has 0 N–H and O–H groups in total. The zero-order chi connectivity index (χ0) is 15.2. The van der Waals surface area contributed by atoms with Crippen LogP contribution in [-0.4, -0.2) is 26.6 Å². The molecule has 0 aliphatic heterocycles. The van der Waals surface area contributed by atoms with Crippen LogP contribution in [0, 0.1) is 12.3 Å². The zero-order valence-electron chi connectivity index (χ0n) is 13.2. The molecule has 0 unspecified atom stereocenters. The number of aryl methyl sites for hydroxylation is 1. The number of hydrogen-bond donors (Lipinski definition) is 1. The molecule has 20 heavy (non-hydrogen) atoms. The largest absolute Gasteiger partial charge is 0.493 e. The summed E-state index contributed by atoms with van der Waals surface area (Å²) >= 11 is 4.48. The Balaban J connectivity index is 3.02. The molecule has 0 aliphatic rings. The summed E-state index contributed by atoms with van der Waals surface area (Å²) in [6.07, 6.45) is 2.06. The molecule has 0 aromatic heterocycles. The molecule has 0 radical (unpaired) electrons. The van der Waals surface area contributed by atoms with Crippen LogP contribution in [0.3, 0.4) is 0 Å². The fraction of sp³-hybridized carbons (Fsp3) is 0.625. The molecule has 0 aliphatic carbocycles. The number of rotatable bonds is 8. The summed E-state index contributed by atoms with van der Waals surface area (Å²) in [6.45, 7) is 6.96. The van der Waals surface area contributed by atoms with Crippen molar-refractivity contribution in [1.82, 2.24) is 0 Å². The van der Waals surface area contributed by atoms with Gasteiger partial charge in [-0.2, -0.15) is 12.6 Å². The van der Waals surface area contributed by atoms with Gasteiger partial charge in [-0.1, -0.05) is 13.8 Å². The van der Waals surface area contributed by atoms with Gasteiger partial charge < -0.3 is 14.2 Å². The molecule has 114 valence electrons. The van der Waals surface area contributed by atoms with Gasteiger partial charge >= 0.3 is 0 Å². The highest BCUT2D eigenvalue weighted by atomic mass is 32.1. The molecular weight excluding hydrogens is 272 g/mol. The summed E-state index contributed by atoms with van der Waals surface area (Å²) in [5.74, 6) is 2.90. The SMILES string of the molecule is CCC(CC)(CS)COc1c(OC)cc(C)cc1OC. The maximum Gasteiger partial charge on any atom is 0.203 e. The van der Waals surface area contributed by atoms with Crippen LogP contribution in [0.25, 0.3) is 0 Å². The Morgan fingerprint density at radius 3 is 1.90 bits per heavy atom. The smallest absolute Gasteiger partial charge is 0.203 e. The average molecular weight is 298 g/mol. The van der Waals surface area contributed by atoms with Gasteiger partial charge in [-0.25, -0.2) is 0 Å². The van der Waals surface area contributed by atoms with E-state index in [1.54, 1.807) is 14.2 Å². The van der Waals surface area contributed by atoms with Gasteiger partial charge in [0.05, 0.1) is 20.8 Å². The van der Waals surface area contributed by atoms with E-state index in [4.69, 9.17) is 14.2 Å². The molecule has 0 atom stereocenters. The van der Waals surface area contributed by atoms with Gasteiger partial charge in [0, 0.05) is 5.41 Å². The van der Waals surface area contributed by atoms with Crippen LogP contribution in [0.2, 0.25) is 0 Å². The molecule has 0 amide bonds. The highest BCUT2D eigenvalue weighted by Gasteiger charge is 2.27. The third kappa shape index (κ3) is 3.75. The first-order valence-electron chi connectivity index (χ1n) is 7.02. The van der Waals surface area contributed by atoms with Gasteiger partial charge in [0.25, 0.3) is 0 Å². The monoisotopic (exact) mass is 298 g/mol. The normalized spacial score (nSPS) is 11.3. The molecule has 0 bridgehead atoms. The fourth-order valence-electron chi connectivity index (χ4n) is 2.10. The molecule has 0 heterocycles. The zero-order valence-corrected chi connectivity index (χ0v) is 14.0. The van der Waals surface area contributed by atoms with Gasteiger partial charge in [0.1, 0.15) is 0 Å². The second-order valence-corrected chi connectivity index (χ2v) is 5.47. The van der Waals surface area contributed by atoms with E-state index in [0.29, 0.717) is 23.9 Å². The van der Waals surface area contributed by atoms with E-state index in [1.807, 2.05) is 19.1 Å². The minimum Gasteiger partial charge on any atom is -0.493 e. The van der Waals surface area contributed by atoms with Crippen LogP contribution >= 0.6 is 12.6 Å². The third-order valence-corrected chi connectivity index (χ3v) is 4.63. The molecule has 0 saturated heterocycles. The van der Waals surface area contributed by atoms with Crippen molar-refractivity contribution in [2.45, 2.75) is 33.6 Å². The van der Waals surface area contributed by atoms with Crippen LogP contribution in [0.5, 0.6) is 17.2 Å². The molecule has 1 aromatic carbocycles. The lowest BCUT2D eigenvalue weighted by Crippen LogP contribution is -2.29. The van der Waals surface area contributed by atoms with Crippen molar-refractivity contribution in [2.24, 2.45) is 5.41 Å². The first-order chi connectivity index (χ1) is 9.55. The van der Waals surface area contributed by atoms with E-state index >= 15 is 0 Å². The van der Waals surface area contributed by atoms with Crippen LogP contribution in [0.15, 0.2) is 12.1 Å². The molecule has 1 aromatic rings. The topological polar surface area (TPSA) is 27.7 Å². The van der Waals surface area contributed by atoms with E-state index in [0.717, 1.165) is 24.2 Å². The van der Waals surface area contributed by atoms with E-state index in [-0.39, 0.29) is 5.41 Å². The minimum absolute atomic E-state index is 0.0873. The van der Waals surface area contributed by atoms with Crippen molar-refractivity contribution in [1.29, 1.82) is 0 Å². The maximum atomic E-state index is 6.04. The van der Waals surface area contributed by atoms with Gasteiger partial charge in [-0.3, -0.25) is 0 Å². The Kier molecular flexibility index (Phi) is 6.53. The highest BCUT2D eigenvalue weighted by Crippen LogP contribution is 2.40. The van der Waals surface area contributed by atoms with E-state index in [9.17, 15) is 0 Å². The summed E-state index contributed by atoms with van der Waals surface area (Å²) in [7, 11) is 3.29. The third-order valence-electron chi connectivity index (χ3n) is 3.96. The number of benzene rings is 1. The molecule has 1 rings (SSSR count). The predicted octanol–water partition coefficient (Wildman–Crippen LogP) is 4.13. The summed E-state index contributed by atoms with van der Waals surface area (Å²) in [4.78, 5) is 0. The molecule has 0 saturated carbocycles. The summed E-state index contributed by atoms with van der Waals surface area (Å²) in [5, 5.41) is 0. The van der Waals surface area contributed by atoms with Gasteiger partial charge in [0.15, 0.2) is 11.5 Å². The van der Waals surface area contributed by atoms with E-state index in [1.165, 1.54) is 0 Å². The molecular formula is C16H26O3S. The predicted molar refractivity (Wildman–Crippen MR) is 86.6 cm³/mol. The lowest BCUT2D eigenvalue weighted by molar-refractivity contribution is 0.148. The highest BCUT2D eigenvalue weighted by molar-refractivity contribution is 7.80. The number of ether oxygens (including phenoxy) is 3. The van der Waals surface area contributed by atoms with Crippen molar-refractivity contribution < 1.29 is 14.2 Å². The Morgan fingerprint density at radius 1 is 1.05 bits per heavy atom. The Bertz CT molecular complexity index is 394. The fourth-order valence-corrected chi connectivity index (χ4v) is 2.64. The number of hydrogen-bond acceptors (Lipinski definition) is 4. The quantitative estimate of drug-likeness (QED) is 0.731. The van der Waals surface area contributed by atoms with Crippen molar-refractivity contribution in [2.75, 3.05) is 26.6 Å². The van der Waals surface area contributed by atoms with Crippen molar-refractivity contribution >= 4 is 12.6 Å². The van der Waals surface area contributed by atoms with Crippen LogP contribution < -0.4 is 14.2 Å². The lowest BCUT2D eigenvalue weighted by atomic mass is 9.85. The van der Waals surface area contributed by atoms with Crippen LogP contribution in [0.4, 0.5) is 0 Å². The lowest BCUT2D eigenvalue weighted by Gasteiger charge is -2.30. The molecule has 0 fully saturated rings. The second-order valence-electron chi connectivity index (χ2n) is 5.15. The minimum atomic E-state index is 0.0873. The molecule has 4 heteroatoms. The Labute approximate surface area is 128 Å². The van der Waals surface area contributed by atoms with E-state index < -0.39 is 0 Å². The maximum absolute atomic E-state index is 6.04. The first kappa shape index (κ1) is 17.0. The Hall–Kier alpha value is -1.03. The van der Waals surface area contributed by atoms with Crippen molar-refractivity contribution in [3.8, 4) is 17.2 Å². The van der Waals surface area contributed by atoms with Crippen molar-refractivity contribution in [3.05, 3.63) is 17.7 Å². The number of thiol groups is 1. The first-order valence-corrected chi connectivity index (χ1v) is 7.65. The van der Waals surface area contributed by atoms with Gasteiger partial charge in [0.2, 0.25) is 5.75 Å². The van der Waals surface area contributed by atoms with Gasteiger partial charge in [-0.05, 0) is 43.2 Å². The van der Waals surface area contributed by atoms with Gasteiger partial charge in [-0.15, -0.1) is 0 Å². The summed E-state index contributed by atoms with van der Waals surface area (Å²) in [6, 6.07) is 3.91. The Morgan fingerprint density at radius 2 is 1.55 bits per heavy atom. The number of methoxy groups -OCH3 is 2. The summed E-state index contributed by atoms with van der Waals surface area (Å²) in [5.41, 5.74) is 1.17. The molecule has 3 nitrogen and oxygen atoms in total. The second kappa shape index (κ2) is 7.67. The van der Waals surface area contributed by atoms with Crippen molar-refractivity contribution in [3.63, 3.8) is 0 Å². The average Bonchev–Trinajstić information content (AvgIpc) is 2.49. The summed E-state index contributed by atoms with van der Waals surface area (Å²) < 4.78 is 16.9. The van der Waals surface area contributed by atoms with Crippen LogP contribution in [0.1, 0.15) is 32.3 Å². The van der Waals surface area contributed by atoms with E-state index in [2.05, 4.69) is 26.5 Å².